The van der Waals surface area contributed by atoms with Crippen molar-refractivity contribution in [2.75, 3.05) is 6.61 Å². The zero-order valence-electron chi connectivity index (χ0n) is 7.29. The van der Waals surface area contributed by atoms with Gasteiger partial charge >= 0.3 is 0 Å². The third-order valence-corrected chi connectivity index (χ3v) is 2.32. The summed E-state index contributed by atoms with van der Waals surface area (Å²) in [6, 6.07) is 0. The molecule has 11 heavy (non-hydrogen) atoms. The van der Waals surface area contributed by atoms with Gasteiger partial charge in [-0.3, -0.25) is 0 Å². The number of allylic oxidation sites excluding steroid dienone is 2. The summed E-state index contributed by atoms with van der Waals surface area (Å²) in [5.41, 5.74) is 0. The standard InChI is InChI=1S/C10H18O/c1-2-3-4-5-6-9-7-10(9)8-11/h5-6,9-11H,2-4,7-8H2,1H3/b6-5-/t9-,10-/m1/s1. The summed E-state index contributed by atoms with van der Waals surface area (Å²) in [5.74, 6) is 1.30. The Morgan fingerprint density at radius 1 is 1.55 bits per heavy atom. The van der Waals surface area contributed by atoms with Crippen molar-refractivity contribution >= 4 is 0 Å². The van der Waals surface area contributed by atoms with Crippen molar-refractivity contribution in [2.24, 2.45) is 11.8 Å². The van der Waals surface area contributed by atoms with E-state index in [1.165, 1.54) is 25.7 Å². The van der Waals surface area contributed by atoms with Gasteiger partial charge in [0.1, 0.15) is 0 Å². The molecule has 0 saturated heterocycles. The van der Waals surface area contributed by atoms with Crippen LogP contribution in [0.15, 0.2) is 12.2 Å². The van der Waals surface area contributed by atoms with Gasteiger partial charge in [0.25, 0.3) is 0 Å². The highest BCUT2D eigenvalue weighted by molar-refractivity contribution is 5.01. The molecule has 0 aromatic heterocycles. The summed E-state index contributed by atoms with van der Waals surface area (Å²) in [4.78, 5) is 0. The molecule has 1 aliphatic rings. The van der Waals surface area contributed by atoms with Gasteiger partial charge in [0.15, 0.2) is 0 Å². The third kappa shape index (κ3) is 3.06. The van der Waals surface area contributed by atoms with E-state index in [0.717, 1.165) is 0 Å². The lowest BCUT2D eigenvalue weighted by Crippen LogP contribution is -1.85. The Bertz CT molecular complexity index is 129. The molecule has 2 atom stereocenters. The zero-order chi connectivity index (χ0) is 8.10. The molecule has 1 fully saturated rings. The number of rotatable bonds is 5. The predicted octanol–water partition coefficient (Wildman–Crippen LogP) is 2.36. The summed E-state index contributed by atoms with van der Waals surface area (Å²) in [6.07, 6.45) is 9.54. The second-order valence-corrected chi connectivity index (χ2v) is 3.41. The van der Waals surface area contributed by atoms with Crippen molar-refractivity contribution in [3.63, 3.8) is 0 Å². The molecule has 1 heteroatoms. The minimum Gasteiger partial charge on any atom is -0.396 e. The number of hydrogen-bond donors (Lipinski definition) is 1. The van der Waals surface area contributed by atoms with Crippen molar-refractivity contribution in [2.45, 2.75) is 32.6 Å². The first-order valence-corrected chi connectivity index (χ1v) is 4.66. The molecule has 0 aromatic rings. The van der Waals surface area contributed by atoms with E-state index in [-0.39, 0.29) is 0 Å². The molecule has 0 unspecified atom stereocenters. The van der Waals surface area contributed by atoms with Crippen LogP contribution in [0.1, 0.15) is 32.6 Å². The van der Waals surface area contributed by atoms with Gasteiger partial charge in [-0.05, 0) is 24.7 Å². The molecule has 0 radical (unpaired) electrons. The molecular formula is C10H18O. The molecule has 0 spiro atoms. The lowest BCUT2D eigenvalue weighted by Gasteiger charge is -1.88. The van der Waals surface area contributed by atoms with E-state index in [4.69, 9.17) is 5.11 Å². The average molecular weight is 154 g/mol. The maximum Gasteiger partial charge on any atom is 0.0465 e. The molecule has 1 aliphatic carbocycles. The summed E-state index contributed by atoms with van der Waals surface area (Å²) >= 11 is 0. The van der Waals surface area contributed by atoms with E-state index >= 15 is 0 Å². The molecule has 0 aliphatic heterocycles. The van der Waals surface area contributed by atoms with Crippen LogP contribution in [-0.4, -0.2) is 11.7 Å². The maximum absolute atomic E-state index is 8.75. The fourth-order valence-corrected chi connectivity index (χ4v) is 1.31. The average Bonchev–Trinajstić information content (AvgIpc) is 2.77. The van der Waals surface area contributed by atoms with Gasteiger partial charge in [0.05, 0.1) is 0 Å². The Hall–Kier alpha value is -0.300. The summed E-state index contributed by atoms with van der Waals surface area (Å²) in [7, 11) is 0. The first-order chi connectivity index (χ1) is 5.38. The number of aliphatic hydroxyl groups is 1. The lowest BCUT2D eigenvalue weighted by molar-refractivity contribution is 0.272. The van der Waals surface area contributed by atoms with Crippen molar-refractivity contribution in [3.8, 4) is 0 Å². The Morgan fingerprint density at radius 3 is 2.91 bits per heavy atom. The smallest absolute Gasteiger partial charge is 0.0465 e. The monoisotopic (exact) mass is 154 g/mol. The largest absolute Gasteiger partial charge is 0.396 e. The van der Waals surface area contributed by atoms with E-state index in [2.05, 4.69) is 19.1 Å². The molecule has 0 amide bonds. The van der Waals surface area contributed by atoms with Gasteiger partial charge in [0.2, 0.25) is 0 Å². The Balaban J connectivity index is 1.98. The fourth-order valence-electron chi connectivity index (χ4n) is 1.31. The SMILES string of the molecule is CCCC/C=C\[C@@H]1C[C@@H]1CO. The summed E-state index contributed by atoms with van der Waals surface area (Å²) in [5, 5.41) is 8.75. The van der Waals surface area contributed by atoms with Crippen LogP contribution in [0.5, 0.6) is 0 Å². The van der Waals surface area contributed by atoms with Gasteiger partial charge in [0, 0.05) is 6.61 Å². The molecule has 1 rings (SSSR count). The van der Waals surface area contributed by atoms with Crippen molar-refractivity contribution in [1.29, 1.82) is 0 Å². The van der Waals surface area contributed by atoms with Crippen LogP contribution < -0.4 is 0 Å². The molecule has 1 saturated carbocycles. The summed E-state index contributed by atoms with van der Waals surface area (Å²) < 4.78 is 0. The van der Waals surface area contributed by atoms with Gasteiger partial charge in [-0.15, -0.1) is 0 Å². The van der Waals surface area contributed by atoms with Crippen molar-refractivity contribution in [1.82, 2.24) is 0 Å². The second-order valence-electron chi connectivity index (χ2n) is 3.41. The fraction of sp³-hybridized carbons (Fsp3) is 0.800. The first kappa shape index (κ1) is 8.79. The highest BCUT2D eigenvalue weighted by Crippen LogP contribution is 2.38. The molecule has 0 heterocycles. The van der Waals surface area contributed by atoms with Gasteiger partial charge in [-0.2, -0.15) is 0 Å². The molecular weight excluding hydrogens is 136 g/mol. The van der Waals surface area contributed by atoms with Gasteiger partial charge < -0.3 is 5.11 Å². The minimum atomic E-state index is 0.378. The van der Waals surface area contributed by atoms with Crippen molar-refractivity contribution < 1.29 is 5.11 Å². The topological polar surface area (TPSA) is 20.2 Å². The third-order valence-electron chi connectivity index (χ3n) is 2.32. The Morgan fingerprint density at radius 2 is 2.36 bits per heavy atom. The second kappa shape index (κ2) is 4.55. The van der Waals surface area contributed by atoms with Crippen molar-refractivity contribution in [3.05, 3.63) is 12.2 Å². The van der Waals surface area contributed by atoms with Crippen LogP contribution in [0.4, 0.5) is 0 Å². The van der Waals surface area contributed by atoms with Gasteiger partial charge in [-0.25, -0.2) is 0 Å². The Labute approximate surface area is 69.1 Å². The normalized spacial score (nSPS) is 29.6. The maximum atomic E-state index is 8.75. The molecule has 0 aromatic carbocycles. The zero-order valence-corrected chi connectivity index (χ0v) is 7.29. The van der Waals surface area contributed by atoms with Crippen LogP contribution in [0.2, 0.25) is 0 Å². The van der Waals surface area contributed by atoms with Crippen LogP contribution in [0, 0.1) is 11.8 Å². The van der Waals surface area contributed by atoms with Crippen LogP contribution in [-0.2, 0) is 0 Å². The van der Waals surface area contributed by atoms with Crippen LogP contribution in [0.3, 0.4) is 0 Å². The quantitative estimate of drug-likeness (QED) is 0.476. The van der Waals surface area contributed by atoms with E-state index in [1.54, 1.807) is 0 Å². The highest BCUT2D eigenvalue weighted by atomic mass is 16.3. The summed E-state index contributed by atoms with van der Waals surface area (Å²) in [6.45, 7) is 2.59. The lowest BCUT2D eigenvalue weighted by atomic mass is 10.2. The molecule has 1 N–H and O–H groups in total. The van der Waals surface area contributed by atoms with E-state index in [1.807, 2.05) is 0 Å². The number of hydrogen-bond acceptors (Lipinski definition) is 1. The van der Waals surface area contributed by atoms with E-state index < -0.39 is 0 Å². The van der Waals surface area contributed by atoms with Crippen LogP contribution in [0.25, 0.3) is 0 Å². The predicted molar refractivity (Wildman–Crippen MR) is 47.3 cm³/mol. The van der Waals surface area contributed by atoms with E-state index in [0.29, 0.717) is 18.4 Å². The van der Waals surface area contributed by atoms with Crippen LogP contribution >= 0.6 is 0 Å². The first-order valence-electron chi connectivity index (χ1n) is 4.66. The Kier molecular flexibility index (Phi) is 3.64. The van der Waals surface area contributed by atoms with Gasteiger partial charge in [-0.1, -0.05) is 31.9 Å². The minimum absolute atomic E-state index is 0.378. The molecule has 1 nitrogen and oxygen atoms in total. The highest BCUT2D eigenvalue weighted by Gasteiger charge is 2.33. The molecule has 64 valence electrons. The number of unbranched alkanes of at least 4 members (excludes halogenated alkanes) is 2. The number of aliphatic hydroxyl groups excluding tert-OH is 1. The van der Waals surface area contributed by atoms with E-state index in [9.17, 15) is 0 Å². The molecule has 0 bridgehead atoms.